The summed E-state index contributed by atoms with van der Waals surface area (Å²) in [5.41, 5.74) is 5.50. The zero-order chi connectivity index (χ0) is 20.5. The smallest absolute Gasteiger partial charge is 0.336 e. The van der Waals surface area contributed by atoms with Gasteiger partial charge in [0.15, 0.2) is 0 Å². The van der Waals surface area contributed by atoms with E-state index >= 15 is 0 Å². The van der Waals surface area contributed by atoms with E-state index in [1.165, 1.54) is 0 Å². The van der Waals surface area contributed by atoms with Crippen molar-refractivity contribution in [1.82, 2.24) is 0 Å². The fraction of sp³-hybridized carbons (Fsp3) is 0.167. The van der Waals surface area contributed by atoms with Crippen LogP contribution in [0.4, 0.5) is 5.69 Å². The van der Waals surface area contributed by atoms with Gasteiger partial charge in [0.1, 0.15) is 0 Å². The number of carbonyl (C=O) groups is 2. The summed E-state index contributed by atoms with van der Waals surface area (Å²) >= 11 is 0. The largest absolute Gasteiger partial charge is 0.481 e. The number of aryl methyl sites for hydroxylation is 1. The average molecular weight is 387 g/mol. The maximum atomic E-state index is 12.3. The van der Waals surface area contributed by atoms with Crippen molar-refractivity contribution in [2.75, 3.05) is 11.9 Å². The molecule has 0 amide bonds. The summed E-state index contributed by atoms with van der Waals surface area (Å²) in [7, 11) is 1.95. The molecule has 1 heterocycles. The van der Waals surface area contributed by atoms with E-state index in [9.17, 15) is 14.7 Å². The molecule has 1 aliphatic heterocycles. The molecule has 0 fully saturated rings. The third-order valence-corrected chi connectivity index (χ3v) is 5.49. The molecule has 0 saturated heterocycles. The van der Waals surface area contributed by atoms with Crippen molar-refractivity contribution in [1.29, 1.82) is 0 Å². The second kappa shape index (κ2) is 7.43. The molecule has 5 heteroatoms. The Labute approximate surface area is 168 Å². The van der Waals surface area contributed by atoms with Gasteiger partial charge in [-0.15, -0.1) is 0 Å². The van der Waals surface area contributed by atoms with Gasteiger partial charge in [0.2, 0.25) is 0 Å². The molecule has 146 valence electrons. The number of benzene rings is 2. The van der Waals surface area contributed by atoms with Crippen LogP contribution in [0.15, 0.2) is 78.0 Å². The van der Waals surface area contributed by atoms with Crippen LogP contribution in [0.25, 0.3) is 5.57 Å². The number of hydrogen-bond acceptors (Lipinski definition) is 3. The SMILES string of the molecule is CN1C2=CC=CC(c3ccc(CCC(=O)O)cc3)C2=C(C(=O)O)c2ccccc21. The number of fused-ring (bicyclic) bond motifs is 2. The van der Waals surface area contributed by atoms with Gasteiger partial charge in [-0.1, -0.05) is 54.6 Å². The number of hydrogen-bond donors (Lipinski definition) is 2. The Morgan fingerprint density at radius 3 is 2.45 bits per heavy atom. The van der Waals surface area contributed by atoms with Gasteiger partial charge in [0.25, 0.3) is 0 Å². The zero-order valence-electron chi connectivity index (χ0n) is 16.0. The quantitative estimate of drug-likeness (QED) is 0.803. The monoisotopic (exact) mass is 387 g/mol. The van der Waals surface area contributed by atoms with Crippen LogP contribution in [0.2, 0.25) is 0 Å². The number of aliphatic carboxylic acids is 2. The first-order valence-electron chi connectivity index (χ1n) is 9.47. The fourth-order valence-corrected chi connectivity index (χ4v) is 4.08. The molecule has 4 rings (SSSR count). The molecule has 0 radical (unpaired) electrons. The summed E-state index contributed by atoms with van der Waals surface area (Å²) in [5.74, 6) is -1.95. The molecule has 1 atom stereocenters. The first-order chi connectivity index (χ1) is 14.0. The average Bonchev–Trinajstić information content (AvgIpc) is 2.72. The number of carboxylic acids is 2. The van der Waals surface area contributed by atoms with Crippen molar-refractivity contribution in [3.63, 3.8) is 0 Å². The maximum Gasteiger partial charge on any atom is 0.336 e. The maximum absolute atomic E-state index is 12.3. The second-order valence-electron chi connectivity index (χ2n) is 7.22. The van der Waals surface area contributed by atoms with Gasteiger partial charge in [0.05, 0.1) is 5.57 Å². The lowest BCUT2D eigenvalue weighted by atomic mass is 9.78. The standard InChI is InChI=1S/C24H21NO4/c1-25-19-7-3-2-5-18(19)23(24(28)29)22-17(6-4-8-20(22)25)16-12-9-15(10-13-16)11-14-21(26)27/h2-10,12-13,17H,11,14H2,1H3,(H,26,27)(H,28,29). The van der Waals surface area contributed by atoms with E-state index in [2.05, 4.69) is 0 Å². The predicted molar refractivity (Wildman–Crippen MR) is 112 cm³/mol. The highest BCUT2D eigenvalue weighted by molar-refractivity contribution is 6.20. The summed E-state index contributed by atoms with van der Waals surface area (Å²) in [6.07, 6.45) is 6.49. The minimum atomic E-state index is -0.940. The van der Waals surface area contributed by atoms with E-state index in [1.807, 2.05) is 78.7 Å². The van der Waals surface area contributed by atoms with Crippen LogP contribution in [0.1, 0.15) is 29.0 Å². The minimum Gasteiger partial charge on any atom is -0.481 e. The lowest BCUT2D eigenvalue weighted by molar-refractivity contribution is -0.137. The van der Waals surface area contributed by atoms with E-state index in [0.717, 1.165) is 28.1 Å². The molecule has 0 spiro atoms. The number of anilines is 1. The lowest BCUT2D eigenvalue weighted by Crippen LogP contribution is -2.29. The third-order valence-electron chi connectivity index (χ3n) is 5.49. The van der Waals surface area contributed by atoms with Crippen molar-refractivity contribution >= 4 is 23.2 Å². The van der Waals surface area contributed by atoms with E-state index in [-0.39, 0.29) is 12.3 Å². The Morgan fingerprint density at radius 2 is 1.76 bits per heavy atom. The minimum absolute atomic E-state index is 0.0887. The van der Waals surface area contributed by atoms with E-state index in [4.69, 9.17) is 5.11 Å². The van der Waals surface area contributed by atoms with Crippen LogP contribution in [-0.2, 0) is 16.0 Å². The molecule has 2 aromatic carbocycles. The molecule has 0 saturated carbocycles. The predicted octanol–water partition coefficient (Wildman–Crippen LogP) is 4.23. The number of rotatable bonds is 5. The summed E-state index contributed by atoms with van der Waals surface area (Å²) in [5, 5.41) is 18.9. The number of carboxylic acid groups (broad SMARTS) is 2. The van der Waals surface area contributed by atoms with E-state index in [0.29, 0.717) is 17.6 Å². The third kappa shape index (κ3) is 3.36. The summed E-state index contributed by atoms with van der Waals surface area (Å²) in [6, 6.07) is 15.3. The van der Waals surface area contributed by atoms with Gasteiger partial charge in [-0.25, -0.2) is 4.79 Å². The number of allylic oxidation sites excluding steroid dienone is 4. The Morgan fingerprint density at radius 1 is 1.03 bits per heavy atom. The molecule has 2 aliphatic rings. The Balaban J connectivity index is 1.80. The molecule has 5 nitrogen and oxygen atoms in total. The summed E-state index contributed by atoms with van der Waals surface area (Å²) in [6.45, 7) is 0. The van der Waals surface area contributed by atoms with Crippen LogP contribution in [0.5, 0.6) is 0 Å². The molecule has 0 bridgehead atoms. The molecule has 2 aromatic rings. The molecule has 2 N–H and O–H groups in total. The van der Waals surface area contributed by atoms with Gasteiger partial charge in [-0.05, 0) is 29.7 Å². The summed E-state index contributed by atoms with van der Waals surface area (Å²) < 4.78 is 0. The molecule has 0 aromatic heterocycles. The normalized spacial score (nSPS) is 17.5. The van der Waals surface area contributed by atoms with Gasteiger partial charge < -0.3 is 15.1 Å². The number of para-hydroxylation sites is 1. The van der Waals surface area contributed by atoms with Gasteiger partial charge in [-0.2, -0.15) is 0 Å². The van der Waals surface area contributed by atoms with Gasteiger partial charge in [0, 0.05) is 41.9 Å². The molecule has 29 heavy (non-hydrogen) atoms. The highest BCUT2D eigenvalue weighted by Gasteiger charge is 2.35. The van der Waals surface area contributed by atoms with Crippen molar-refractivity contribution < 1.29 is 19.8 Å². The van der Waals surface area contributed by atoms with Crippen LogP contribution >= 0.6 is 0 Å². The van der Waals surface area contributed by atoms with Gasteiger partial charge >= 0.3 is 11.9 Å². The lowest BCUT2D eigenvalue weighted by Gasteiger charge is -2.37. The molecular formula is C24H21NO4. The number of likely N-dealkylation sites (N-methyl/N-ethyl adjacent to an activating group) is 1. The topological polar surface area (TPSA) is 77.8 Å². The Hall–Kier alpha value is -3.60. The molecular weight excluding hydrogens is 366 g/mol. The highest BCUT2D eigenvalue weighted by atomic mass is 16.4. The highest BCUT2D eigenvalue weighted by Crippen LogP contribution is 2.47. The summed E-state index contributed by atoms with van der Waals surface area (Å²) in [4.78, 5) is 25.1. The molecule has 1 unspecified atom stereocenters. The second-order valence-corrected chi connectivity index (χ2v) is 7.22. The van der Waals surface area contributed by atoms with Crippen molar-refractivity contribution in [2.45, 2.75) is 18.8 Å². The zero-order valence-corrected chi connectivity index (χ0v) is 16.0. The van der Waals surface area contributed by atoms with Crippen molar-refractivity contribution in [2.24, 2.45) is 0 Å². The van der Waals surface area contributed by atoms with Gasteiger partial charge in [-0.3, -0.25) is 4.79 Å². The first kappa shape index (κ1) is 18.7. The van der Waals surface area contributed by atoms with Crippen molar-refractivity contribution in [3.05, 3.63) is 94.7 Å². The van der Waals surface area contributed by atoms with Crippen molar-refractivity contribution in [3.8, 4) is 0 Å². The van der Waals surface area contributed by atoms with Crippen LogP contribution in [0, 0.1) is 0 Å². The van der Waals surface area contributed by atoms with E-state index < -0.39 is 11.9 Å². The Bertz CT molecular complexity index is 1080. The fourth-order valence-electron chi connectivity index (χ4n) is 4.08. The first-order valence-corrected chi connectivity index (χ1v) is 9.47. The van der Waals surface area contributed by atoms with Crippen LogP contribution < -0.4 is 4.90 Å². The van der Waals surface area contributed by atoms with Crippen LogP contribution in [0.3, 0.4) is 0 Å². The molecule has 1 aliphatic carbocycles. The number of nitrogens with zero attached hydrogens (tertiary/aromatic N) is 1. The van der Waals surface area contributed by atoms with E-state index in [1.54, 1.807) is 0 Å². The van der Waals surface area contributed by atoms with Crippen LogP contribution in [-0.4, -0.2) is 29.2 Å². The Kier molecular flexibility index (Phi) is 4.80.